The molecule has 2 amide bonds. The molecule has 0 aliphatic heterocycles. The summed E-state index contributed by atoms with van der Waals surface area (Å²) < 4.78 is 1.63. The van der Waals surface area contributed by atoms with Crippen LogP contribution in [-0.2, 0) is 10.2 Å². The Labute approximate surface area is 210 Å². The molecule has 34 heavy (non-hydrogen) atoms. The highest BCUT2D eigenvalue weighted by Gasteiger charge is 2.23. The number of amides is 2. The lowest BCUT2D eigenvalue weighted by atomic mass is 9.92. The zero-order chi connectivity index (χ0) is 25.0. The van der Waals surface area contributed by atoms with E-state index in [0.29, 0.717) is 33.7 Å². The lowest BCUT2D eigenvalue weighted by molar-refractivity contribution is -0.116. The van der Waals surface area contributed by atoms with Crippen molar-refractivity contribution in [3.8, 4) is 5.69 Å². The quantitative estimate of drug-likeness (QED) is 0.415. The highest BCUT2D eigenvalue weighted by atomic mass is 35.5. The largest absolute Gasteiger partial charge is 0.329 e. The van der Waals surface area contributed by atoms with Crippen LogP contribution in [0.25, 0.3) is 5.69 Å². The molecular weight excluding hydrogens is 471 g/mol. The second-order valence-corrected chi connectivity index (χ2v) is 10.1. The van der Waals surface area contributed by atoms with Crippen LogP contribution in [0.1, 0.15) is 55.7 Å². The number of carbonyl (C=O) groups is 2. The molecule has 2 aromatic carbocycles. The Balaban J connectivity index is 1.87. The third-order valence-corrected chi connectivity index (χ3v) is 6.05. The summed E-state index contributed by atoms with van der Waals surface area (Å²) in [5.74, 6) is 0.00787. The number of nitrogens with one attached hydrogen (secondary N) is 1. The number of benzene rings is 2. The minimum absolute atomic E-state index is 0.0715. The lowest BCUT2D eigenvalue weighted by Crippen LogP contribution is -2.38. The fourth-order valence-electron chi connectivity index (χ4n) is 3.41. The van der Waals surface area contributed by atoms with Crippen LogP contribution in [0.2, 0.25) is 10.0 Å². The van der Waals surface area contributed by atoms with E-state index >= 15 is 0 Å². The average Bonchev–Trinajstić information content (AvgIpc) is 3.19. The van der Waals surface area contributed by atoms with Gasteiger partial charge in [0.05, 0.1) is 21.4 Å². The van der Waals surface area contributed by atoms with Gasteiger partial charge in [0, 0.05) is 23.6 Å². The summed E-state index contributed by atoms with van der Waals surface area (Å²) in [5, 5.41) is 8.46. The molecule has 8 heteroatoms. The van der Waals surface area contributed by atoms with Gasteiger partial charge in [0.25, 0.3) is 5.91 Å². The zero-order valence-corrected chi connectivity index (χ0v) is 21.7. The van der Waals surface area contributed by atoms with Crippen LogP contribution in [0.3, 0.4) is 0 Å². The van der Waals surface area contributed by atoms with Gasteiger partial charge in [-0.1, -0.05) is 68.6 Å². The molecule has 1 aromatic heterocycles. The SMILES string of the molecule is CCCN(CC(=O)Nc1cc(C(C)(C)C)nn1-c1ccc(Cl)c(Cl)c1)C(=O)c1ccc(C)cc1. The first-order valence-electron chi connectivity index (χ1n) is 11.2. The number of carbonyl (C=O) groups excluding carboxylic acids is 2. The van der Waals surface area contributed by atoms with Gasteiger partial charge in [0.2, 0.25) is 5.91 Å². The standard InChI is InChI=1S/C26H30Cl2N4O2/c1-6-13-31(25(34)18-9-7-17(2)8-10-18)16-24(33)29-23-15-22(26(3,4)5)30-32(23)19-11-12-20(27)21(28)14-19/h7-12,14-15H,6,13,16H2,1-5H3,(H,29,33). The first-order valence-corrected chi connectivity index (χ1v) is 12.0. The number of nitrogens with zero attached hydrogens (tertiary/aromatic N) is 3. The Morgan fingerprint density at radius 2 is 1.71 bits per heavy atom. The van der Waals surface area contributed by atoms with Crippen molar-refractivity contribution in [3.05, 3.63) is 75.4 Å². The molecule has 0 saturated heterocycles. The van der Waals surface area contributed by atoms with E-state index in [4.69, 9.17) is 28.3 Å². The molecular formula is C26H30Cl2N4O2. The van der Waals surface area contributed by atoms with Gasteiger partial charge in [0.1, 0.15) is 12.4 Å². The Morgan fingerprint density at radius 3 is 2.29 bits per heavy atom. The number of hydrogen-bond donors (Lipinski definition) is 1. The first-order chi connectivity index (χ1) is 16.0. The minimum atomic E-state index is -0.310. The fraction of sp³-hybridized carbons (Fsp3) is 0.346. The van der Waals surface area contributed by atoms with E-state index in [1.165, 1.54) is 0 Å². The first kappa shape index (κ1) is 25.8. The predicted molar refractivity (Wildman–Crippen MR) is 138 cm³/mol. The van der Waals surface area contributed by atoms with Crippen LogP contribution in [-0.4, -0.2) is 39.6 Å². The summed E-state index contributed by atoms with van der Waals surface area (Å²) in [4.78, 5) is 27.6. The molecule has 0 spiro atoms. The molecule has 0 aliphatic carbocycles. The molecule has 180 valence electrons. The van der Waals surface area contributed by atoms with Gasteiger partial charge in [-0.15, -0.1) is 0 Å². The number of anilines is 1. The van der Waals surface area contributed by atoms with Crippen LogP contribution < -0.4 is 5.32 Å². The van der Waals surface area contributed by atoms with Crippen molar-refractivity contribution in [2.45, 2.75) is 46.5 Å². The summed E-state index contributed by atoms with van der Waals surface area (Å²) >= 11 is 12.3. The highest BCUT2D eigenvalue weighted by molar-refractivity contribution is 6.42. The van der Waals surface area contributed by atoms with Crippen LogP contribution in [0.4, 0.5) is 5.82 Å². The van der Waals surface area contributed by atoms with E-state index in [2.05, 4.69) is 5.32 Å². The zero-order valence-electron chi connectivity index (χ0n) is 20.2. The number of halogens is 2. The normalized spacial score (nSPS) is 11.4. The van der Waals surface area contributed by atoms with Gasteiger partial charge in [-0.2, -0.15) is 5.10 Å². The Kier molecular flexibility index (Phi) is 8.05. The summed E-state index contributed by atoms with van der Waals surface area (Å²) in [6.45, 7) is 10.5. The van der Waals surface area contributed by atoms with Gasteiger partial charge < -0.3 is 10.2 Å². The third-order valence-electron chi connectivity index (χ3n) is 5.31. The van der Waals surface area contributed by atoms with Crippen LogP contribution >= 0.6 is 23.2 Å². The summed E-state index contributed by atoms with van der Waals surface area (Å²) in [6, 6.07) is 14.4. The monoisotopic (exact) mass is 500 g/mol. The van der Waals surface area contributed by atoms with E-state index in [9.17, 15) is 9.59 Å². The maximum absolute atomic E-state index is 13.1. The molecule has 0 radical (unpaired) electrons. The summed E-state index contributed by atoms with van der Waals surface area (Å²) in [5.41, 5.74) is 2.86. The van der Waals surface area contributed by atoms with Gasteiger partial charge in [-0.05, 0) is 43.7 Å². The van der Waals surface area contributed by atoms with Gasteiger partial charge >= 0.3 is 0 Å². The Bertz CT molecular complexity index is 1180. The molecule has 0 saturated carbocycles. The highest BCUT2D eigenvalue weighted by Crippen LogP contribution is 2.29. The predicted octanol–water partition coefficient (Wildman–Crippen LogP) is 6.28. The van der Waals surface area contributed by atoms with Crippen molar-refractivity contribution in [2.75, 3.05) is 18.4 Å². The summed E-state index contributed by atoms with van der Waals surface area (Å²) in [7, 11) is 0. The molecule has 1 N–H and O–H groups in total. The molecule has 1 heterocycles. The van der Waals surface area contributed by atoms with Crippen molar-refractivity contribution >= 4 is 40.8 Å². The van der Waals surface area contributed by atoms with E-state index in [1.54, 1.807) is 39.9 Å². The fourth-order valence-corrected chi connectivity index (χ4v) is 3.70. The van der Waals surface area contributed by atoms with E-state index in [1.807, 2.05) is 52.8 Å². The molecule has 0 fully saturated rings. The van der Waals surface area contributed by atoms with Crippen molar-refractivity contribution < 1.29 is 9.59 Å². The molecule has 0 atom stereocenters. The van der Waals surface area contributed by atoms with Crippen LogP contribution in [0.15, 0.2) is 48.5 Å². The Hall–Kier alpha value is -2.83. The van der Waals surface area contributed by atoms with Crippen molar-refractivity contribution in [1.82, 2.24) is 14.7 Å². The van der Waals surface area contributed by atoms with Crippen molar-refractivity contribution in [2.24, 2.45) is 0 Å². The second kappa shape index (κ2) is 10.6. The molecule has 6 nitrogen and oxygen atoms in total. The number of hydrogen-bond acceptors (Lipinski definition) is 3. The smallest absolute Gasteiger partial charge is 0.254 e. The number of aryl methyl sites for hydroxylation is 1. The Morgan fingerprint density at radius 1 is 1.03 bits per heavy atom. The van der Waals surface area contributed by atoms with Gasteiger partial charge in [-0.25, -0.2) is 4.68 Å². The third kappa shape index (κ3) is 6.19. The van der Waals surface area contributed by atoms with Crippen molar-refractivity contribution in [1.29, 1.82) is 0 Å². The maximum Gasteiger partial charge on any atom is 0.254 e. The van der Waals surface area contributed by atoms with Gasteiger partial charge in [0.15, 0.2) is 0 Å². The van der Waals surface area contributed by atoms with Crippen molar-refractivity contribution in [3.63, 3.8) is 0 Å². The van der Waals surface area contributed by atoms with E-state index < -0.39 is 0 Å². The van der Waals surface area contributed by atoms with E-state index in [0.717, 1.165) is 17.7 Å². The number of aromatic nitrogens is 2. The maximum atomic E-state index is 13.1. The van der Waals surface area contributed by atoms with Crippen LogP contribution in [0.5, 0.6) is 0 Å². The van der Waals surface area contributed by atoms with Crippen LogP contribution in [0, 0.1) is 6.92 Å². The molecule has 3 aromatic rings. The molecule has 3 rings (SSSR count). The minimum Gasteiger partial charge on any atom is -0.329 e. The number of rotatable bonds is 7. The van der Waals surface area contributed by atoms with E-state index in [-0.39, 0.29) is 23.8 Å². The topological polar surface area (TPSA) is 67.2 Å². The average molecular weight is 501 g/mol. The van der Waals surface area contributed by atoms with Gasteiger partial charge in [-0.3, -0.25) is 9.59 Å². The lowest BCUT2D eigenvalue weighted by Gasteiger charge is -2.22. The summed E-state index contributed by atoms with van der Waals surface area (Å²) in [6.07, 6.45) is 0.736. The molecule has 0 aliphatic rings. The molecule has 0 bridgehead atoms. The molecule has 0 unspecified atom stereocenters. The second-order valence-electron chi connectivity index (χ2n) is 9.32.